The van der Waals surface area contributed by atoms with Gasteiger partial charge in [-0.05, 0) is 42.3 Å². The second-order valence-electron chi connectivity index (χ2n) is 6.73. The minimum absolute atomic E-state index is 0.109. The number of nitrogens with zero attached hydrogens (tertiary/aromatic N) is 3. The molecule has 6 nitrogen and oxygen atoms in total. The normalized spacial score (nSPS) is 10.7. The number of para-hydroxylation sites is 1. The number of thiazole rings is 1. The van der Waals surface area contributed by atoms with Gasteiger partial charge in [-0.2, -0.15) is 0 Å². The summed E-state index contributed by atoms with van der Waals surface area (Å²) < 4.78 is 12.0. The van der Waals surface area contributed by atoms with E-state index in [1.807, 2.05) is 49.4 Å². The summed E-state index contributed by atoms with van der Waals surface area (Å²) in [4.78, 5) is 23.7. The van der Waals surface area contributed by atoms with Gasteiger partial charge >= 0.3 is 0 Å². The van der Waals surface area contributed by atoms with Crippen molar-refractivity contribution >= 4 is 32.6 Å². The number of methoxy groups -OCH3 is 1. The van der Waals surface area contributed by atoms with Gasteiger partial charge in [0.1, 0.15) is 11.5 Å². The van der Waals surface area contributed by atoms with Crippen LogP contribution in [0.3, 0.4) is 0 Å². The van der Waals surface area contributed by atoms with E-state index in [0.29, 0.717) is 23.2 Å². The Labute approximate surface area is 178 Å². The van der Waals surface area contributed by atoms with E-state index < -0.39 is 0 Å². The lowest BCUT2D eigenvalue weighted by molar-refractivity contribution is -0.120. The summed E-state index contributed by atoms with van der Waals surface area (Å²) in [5.74, 6) is 1.07. The number of benzene rings is 2. The van der Waals surface area contributed by atoms with Crippen molar-refractivity contribution in [3.63, 3.8) is 0 Å². The highest BCUT2D eigenvalue weighted by Gasteiger charge is 2.21. The Morgan fingerprint density at radius 3 is 2.70 bits per heavy atom. The lowest BCUT2D eigenvalue weighted by Crippen LogP contribution is -2.34. The van der Waals surface area contributed by atoms with Crippen LogP contribution in [0.2, 0.25) is 0 Å². The van der Waals surface area contributed by atoms with E-state index in [-0.39, 0.29) is 12.5 Å². The fourth-order valence-corrected chi connectivity index (χ4v) is 4.10. The molecule has 0 saturated heterocycles. The molecule has 0 saturated carbocycles. The Bertz CT molecular complexity index is 1160. The van der Waals surface area contributed by atoms with Crippen LogP contribution in [0, 0.1) is 6.92 Å². The molecule has 7 heteroatoms. The van der Waals surface area contributed by atoms with Crippen molar-refractivity contribution in [2.24, 2.45) is 0 Å². The number of amides is 1. The monoisotopic (exact) mass is 419 g/mol. The van der Waals surface area contributed by atoms with E-state index >= 15 is 0 Å². The van der Waals surface area contributed by atoms with Crippen LogP contribution in [0.5, 0.6) is 11.5 Å². The molecule has 152 valence electrons. The summed E-state index contributed by atoms with van der Waals surface area (Å²) >= 11 is 1.49. The van der Waals surface area contributed by atoms with Crippen molar-refractivity contribution in [2.75, 3.05) is 18.6 Å². The number of ether oxygens (including phenoxy) is 2. The van der Waals surface area contributed by atoms with Crippen molar-refractivity contribution < 1.29 is 14.3 Å². The highest BCUT2D eigenvalue weighted by molar-refractivity contribution is 7.22. The Morgan fingerprint density at radius 2 is 1.93 bits per heavy atom. The summed E-state index contributed by atoms with van der Waals surface area (Å²) in [5.41, 5.74) is 2.91. The fraction of sp³-hybridized carbons (Fsp3) is 0.174. The van der Waals surface area contributed by atoms with E-state index in [1.54, 1.807) is 36.5 Å². The Kier molecular flexibility index (Phi) is 5.90. The third kappa shape index (κ3) is 4.41. The maximum atomic E-state index is 13.2. The van der Waals surface area contributed by atoms with Gasteiger partial charge in [0.05, 0.1) is 23.9 Å². The molecular formula is C23H21N3O3S. The summed E-state index contributed by atoms with van der Waals surface area (Å²) in [7, 11) is 1.59. The largest absolute Gasteiger partial charge is 0.497 e. The Hall–Kier alpha value is -3.45. The smallest absolute Gasteiger partial charge is 0.267 e. The molecule has 0 aliphatic carbocycles. The first-order valence-corrected chi connectivity index (χ1v) is 10.3. The number of carbonyl (C=O) groups is 1. The molecule has 30 heavy (non-hydrogen) atoms. The molecule has 0 aliphatic rings. The fourth-order valence-electron chi connectivity index (χ4n) is 3.04. The van der Waals surface area contributed by atoms with Crippen LogP contribution in [0.1, 0.15) is 11.1 Å². The molecule has 2 aromatic carbocycles. The highest BCUT2D eigenvalue weighted by atomic mass is 32.1. The molecule has 0 fully saturated rings. The van der Waals surface area contributed by atoms with Crippen LogP contribution >= 0.6 is 11.3 Å². The second kappa shape index (κ2) is 8.92. The van der Waals surface area contributed by atoms with Crippen LogP contribution < -0.4 is 14.4 Å². The van der Waals surface area contributed by atoms with E-state index in [4.69, 9.17) is 14.5 Å². The van der Waals surface area contributed by atoms with Crippen LogP contribution in [0.25, 0.3) is 10.2 Å². The minimum Gasteiger partial charge on any atom is -0.497 e. The van der Waals surface area contributed by atoms with Gasteiger partial charge in [0.2, 0.25) is 0 Å². The topological polar surface area (TPSA) is 64.6 Å². The molecule has 0 radical (unpaired) electrons. The van der Waals surface area contributed by atoms with Gasteiger partial charge in [-0.1, -0.05) is 35.6 Å². The first-order valence-electron chi connectivity index (χ1n) is 9.46. The third-order valence-corrected chi connectivity index (χ3v) is 5.65. The van der Waals surface area contributed by atoms with E-state index in [9.17, 15) is 4.79 Å². The predicted molar refractivity (Wildman–Crippen MR) is 118 cm³/mol. The highest BCUT2D eigenvalue weighted by Crippen LogP contribution is 2.31. The number of hydrogen-bond donors (Lipinski definition) is 0. The van der Waals surface area contributed by atoms with Gasteiger partial charge < -0.3 is 9.47 Å². The van der Waals surface area contributed by atoms with Crippen molar-refractivity contribution in [1.29, 1.82) is 0 Å². The lowest BCUT2D eigenvalue weighted by atomic mass is 10.2. The minimum atomic E-state index is -0.182. The van der Waals surface area contributed by atoms with Gasteiger partial charge in [-0.3, -0.25) is 14.7 Å². The lowest BCUT2D eigenvalue weighted by Gasteiger charge is -2.20. The number of anilines is 1. The van der Waals surface area contributed by atoms with Gasteiger partial charge in [0.25, 0.3) is 5.91 Å². The third-order valence-electron chi connectivity index (χ3n) is 4.61. The molecule has 0 atom stereocenters. The molecular weight excluding hydrogens is 398 g/mol. The Morgan fingerprint density at radius 1 is 1.10 bits per heavy atom. The molecule has 0 bridgehead atoms. The van der Waals surface area contributed by atoms with Crippen molar-refractivity contribution in [3.05, 3.63) is 78.1 Å². The first-order chi connectivity index (χ1) is 14.6. The van der Waals surface area contributed by atoms with Crippen LogP contribution in [-0.4, -0.2) is 29.6 Å². The molecule has 2 heterocycles. The molecule has 0 N–H and O–H groups in total. The quantitative estimate of drug-likeness (QED) is 0.437. The zero-order valence-corrected chi connectivity index (χ0v) is 17.6. The number of aryl methyl sites for hydroxylation is 1. The average molecular weight is 420 g/mol. The van der Waals surface area contributed by atoms with Crippen molar-refractivity contribution in [2.45, 2.75) is 13.5 Å². The van der Waals surface area contributed by atoms with Crippen LogP contribution in [0.4, 0.5) is 5.13 Å². The summed E-state index contributed by atoms with van der Waals surface area (Å²) in [6, 6.07) is 17.0. The maximum absolute atomic E-state index is 13.2. The molecule has 0 unspecified atom stereocenters. The molecule has 4 aromatic rings. The van der Waals surface area contributed by atoms with Crippen molar-refractivity contribution in [1.82, 2.24) is 9.97 Å². The average Bonchev–Trinajstić information content (AvgIpc) is 3.22. The number of aromatic nitrogens is 2. The van der Waals surface area contributed by atoms with Gasteiger partial charge in [0.15, 0.2) is 11.7 Å². The molecule has 0 spiro atoms. The number of rotatable bonds is 7. The zero-order valence-electron chi connectivity index (χ0n) is 16.7. The van der Waals surface area contributed by atoms with E-state index in [2.05, 4.69) is 4.98 Å². The number of carbonyl (C=O) groups excluding carboxylic acids is 1. The number of fused-ring (bicyclic) bond motifs is 1. The van der Waals surface area contributed by atoms with Crippen LogP contribution in [-0.2, 0) is 11.3 Å². The zero-order chi connectivity index (χ0) is 20.9. The predicted octanol–water partition coefficient (Wildman–Crippen LogP) is 4.62. The first kappa shape index (κ1) is 19.8. The van der Waals surface area contributed by atoms with Crippen molar-refractivity contribution in [3.8, 4) is 11.5 Å². The van der Waals surface area contributed by atoms with Gasteiger partial charge in [0, 0.05) is 18.5 Å². The summed E-state index contributed by atoms with van der Waals surface area (Å²) in [6.45, 7) is 2.28. The number of pyridine rings is 1. The second-order valence-corrected chi connectivity index (χ2v) is 7.74. The van der Waals surface area contributed by atoms with Gasteiger partial charge in [-0.15, -0.1) is 0 Å². The Balaban J connectivity index is 1.60. The van der Waals surface area contributed by atoms with E-state index in [0.717, 1.165) is 21.3 Å². The standard InChI is InChI=1S/C23H21N3O3S/c1-16-6-3-10-20-22(16)25-23(30-20)26(14-17-7-5-11-24-13-17)21(27)15-29-19-9-4-8-18(12-19)28-2/h3-13H,14-15H2,1-2H3. The number of hydrogen-bond acceptors (Lipinski definition) is 6. The SMILES string of the molecule is COc1cccc(OCC(=O)N(Cc2cccnc2)c2nc3c(C)cccc3s2)c1. The summed E-state index contributed by atoms with van der Waals surface area (Å²) in [5, 5.41) is 0.641. The van der Waals surface area contributed by atoms with Crippen LogP contribution in [0.15, 0.2) is 67.0 Å². The molecule has 4 rings (SSSR count). The van der Waals surface area contributed by atoms with E-state index in [1.165, 1.54) is 11.3 Å². The molecule has 0 aliphatic heterocycles. The summed E-state index contributed by atoms with van der Waals surface area (Å²) in [6.07, 6.45) is 3.46. The molecule has 1 amide bonds. The maximum Gasteiger partial charge on any atom is 0.267 e. The molecule has 2 aromatic heterocycles. The van der Waals surface area contributed by atoms with Gasteiger partial charge in [-0.25, -0.2) is 4.98 Å².